The number of ether oxygens (including phenoxy) is 1. The Morgan fingerprint density at radius 1 is 1.15 bits per heavy atom. The van der Waals surface area contributed by atoms with Crippen LogP contribution in [-0.4, -0.2) is 23.4 Å². The number of hydrogen-bond acceptors (Lipinski definition) is 6. The van der Waals surface area contributed by atoms with Crippen LogP contribution in [-0.2, 0) is 4.79 Å². The fourth-order valence-electron chi connectivity index (χ4n) is 3.23. The van der Waals surface area contributed by atoms with Gasteiger partial charge in [-0.3, -0.25) is 4.79 Å². The molecule has 2 aromatic carbocycles. The van der Waals surface area contributed by atoms with Crippen LogP contribution in [0, 0.1) is 6.92 Å². The molecule has 0 fully saturated rings. The van der Waals surface area contributed by atoms with E-state index in [2.05, 4.69) is 11.4 Å². The third kappa shape index (κ3) is 4.60. The molecule has 10 heteroatoms. The van der Waals surface area contributed by atoms with Crippen molar-refractivity contribution < 1.29 is 9.53 Å². The first-order valence-electron chi connectivity index (χ1n) is 9.84. The molecule has 1 amide bonds. The lowest BCUT2D eigenvalue weighted by Crippen LogP contribution is -2.25. The van der Waals surface area contributed by atoms with E-state index < -0.39 is 0 Å². The van der Waals surface area contributed by atoms with Crippen molar-refractivity contribution in [2.24, 2.45) is 10.1 Å². The summed E-state index contributed by atoms with van der Waals surface area (Å²) in [7, 11) is 0. The van der Waals surface area contributed by atoms with Gasteiger partial charge in [0.1, 0.15) is 5.75 Å². The maximum absolute atomic E-state index is 11.8. The molecule has 0 unspecified atom stereocenters. The number of amides is 1. The highest BCUT2D eigenvalue weighted by Gasteiger charge is 2.18. The zero-order chi connectivity index (χ0) is 22.9. The smallest absolute Gasteiger partial charge is 0.262 e. The summed E-state index contributed by atoms with van der Waals surface area (Å²) in [6.07, 6.45) is 1.82. The van der Waals surface area contributed by atoms with E-state index in [0.29, 0.717) is 32.0 Å². The van der Waals surface area contributed by atoms with Gasteiger partial charge in [-0.05, 0) is 60.3 Å². The summed E-state index contributed by atoms with van der Waals surface area (Å²) >= 11 is 15.4. The zero-order valence-electron chi connectivity index (χ0n) is 17.2. The number of aryl methyl sites for hydroxylation is 1. The summed E-state index contributed by atoms with van der Waals surface area (Å²) in [5.74, 6) is 0.452. The van der Waals surface area contributed by atoms with Crippen molar-refractivity contribution in [2.45, 2.75) is 6.92 Å². The van der Waals surface area contributed by atoms with E-state index >= 15 is 0 Å². The van der Waals surface area contributed by atoms with Gasteiger partial charge in [-0.2, -0.15) is 5.10 Å². The van der Waals surface area contributed by atoms with E-state index in [1.807, 2.05) is 42.1 Å². The minimum atomic E-state index is -0.183. The lowest BCUT2D eigenvalue weighted by Gasteiger charge is -2.18. The molecule has 1 N–H and O–H groups in total. The van der Waals surface area contributed by atoms with Crippen molar-refractivity contribution in [3.63, 3.8) is 0 Å². The molecule has 1 aliphatic rings. The van der Waals surface area contributed by atoms with Gasteiger partial charge < -0.3 is 10.1 Å². The Morgan fingerprint density at radius 2 is 2.03 bits per heavy atom. The number of thiazole rings is 1. The molecule has 0 spiro atoms. The molecule has 0 atom stereocenters. The Balaban J connectivity index is 1.65. The third-order valence-electron chi connectivity index (χ3n) is 4.91. The molecule has 0 saturated carbocycles. The minimum Gasteiger partial charge on any atom is -0.482 e. The quantitative estimate of drug-likeness (QED) is 0.323. The number of nitrogens with zero attached hydrogens (tertiary/aromatic N) is 3. The molecule has 4 aromatic rings. The largest absolute Gasteiger partial charge is 0.482 e. The lowest BCUT2D eigenvalue weighted by atomic mass is 10.1. The second-order valence-electron chi connectivity index (χ2n) is 7.18. The molecule has 0 radical (unpaired) electrons. The monoisotopic (exact) mass is 514 g/mol. The second kappa shape index (κ2) is 9.15. The van der Waals surface area contributed by atoms with E-state index in [1.54, 1.807) is 34.2 Å². The van der Waals surface area contributed by atoms with Gasteiger partial charge in [-0.1, -0.05) is 23.2 Å². The van der Waals surface area contributed by atoms with Crippen molar-refractivity contribution in [2.75, 3.05) is 11.9 Å². The normalized spacial score (nSPS) is 13.8. The SMILES string of the molecule is Cc1ccsc1C=Nn1c(-c2ccc3c(c2)NC(=O)CO3)csc1=Nc1ccc(Cl)cc1Cl. The van der Waals surface area contributed by atoms with E-state index in [4.69, 9.17) is 38.0 Å². The van der Waals surface area contributed by atoms with Gasteiger partial charge in [-0.25, -0.2) is 9.67 Å². The number of nitrogens with one attached hydrogen (secondary N) is 1. The third-order valence-corrected chi connectivity index (χ3v) is 7.22. The van der Waals surface area contributed by atoms with Crippen LogP contribution in [0.15, 0.2) is 63.3 Å². The maximum atomic E-state index is 11.8. The van der Waals surface area contributed by atoms with Crippen LogP contribution in [0.5, 0.6) is 5.75 Å². The molecule has 6 nitrogen and oxygen atoms in total. The highest BCUT2D eigenvalue weighted by atomic mass is 35.5. The van der Waals surface area contributed by atoms with Crippen molar-refractivity contribution in [3.05, 3.63) is 78.5 Å². The number of thiophene rings is 1. The Hall–Kier alpha value is -2.91. The standard InChI is InChI=1S/C23H16Cl2N4O2S2/c1-13-6-7-32-21(13)10-26-29-19(14-2-5-20-18(8-14)27-22(30)11-31-20)12-33-23(29)28-17-4-3-15(24)9-16(17)25/h2-10,12H,11H2,1H3,(H,27,30). The van der Waals surface area contributed by atoms with Crippen LogP contribution >= 0.6 is 45.9 Å². The van der Waals surface area contributed by atoms with E-state index in [9.17, 15) is 4.79 Å². The topological polar surface area (TPSA) is 68.0 Å². The number of fused-ring (bicyclic) bond motifs is 1. The Bertz CT molecular complexity index is 1470. The molecule has 3 heterocycles. The molecule has 0 aliphatic carbocycles. The summed E-state index contributed by atoms with van der Waals surface area (Å²) in [4.78, 5) is 18.2. The second-order valence-corrected chi connectivity index (χ2v) is 9.81. The van der Waals surface area contributed by atoms with Gasteiger partial charge in [0.05, 0.1) is 33.2 Å². The van der Waals surface area contributed by atoms with Crippen LogP contribution in [0.25, 0.3) is 11.3 Å². The van der Waals surface area contributed by atoms with Crippen LogP contribution < -0.4 is 14.9 Å². The molecule has 5 rings (SSSR count). The Morgan fingerprint density at radius 3 is 2.82 bits per heavy atom. The summed E-state index contributed by atoms with van der Waals surface area (Å²) < 4.78 is 7.25. The van der Waals surface area contributed by atoms with Crippen molar-refractivity contribution >= 4 is 69.4 Å². The molecule has 33 heavy (non-hydrogen) atoms. The van der Waals surface area contributed by atoms with Crippen molar-refractivity contribution in [1.29, 1.82) is 0 Å². The first-order valence-corrected chi connectivity index (χ1v) is 12.4. The van der Waals surface area contributed by atoms with Crippen LogP contribution in [0.3, 0.4) is 0 Å². The van der Waals surface area contributed by atoms with Gasteiger partial charge in [0, 0.05) is 16.0 Å². The number of carbonyl (C=O) groups excluding carboxylic acids is 1. The molecule has 1 aliphatic heterocycles. The first kappa shape index (κ1) is 21.9. The van der Waals surface area contributed by atoms with Gasteiger partial charge >= 0.3 is 0 Å². The van der Waals surface area contributed by atoms with Gasteiger partial charge in [0.25, 0.3) is 5.91 Å². The summed E-state index contributed by atoms with van der Waals surface area (Å²) in [5, 5.41) is 12.6. The van der Waals surface area contributed by atoms with Gasteiger partial charge in [-0.15, -0.1) is 22.7 Å². The number of carbonyl (C=O) groups is 1. The summed E-state index contributed by atoms with van der Waals surface area (Å²) in [6, 6.07) is 12.9. The van der Waals surface area contributed by atoms with Crippen molar-refractivity contribution in [3.8, 4) is 17.0 Å². The maximum Gasteiger partial charge on any atom is 0.262 e. The zero-order valence-corrected chi connectivity index (χ0v) is 20.4. The van der Waals surface area contributed by atoms with Crippen LogP contribution in [0.4, 0.5) is 11.4 Å². The predicted molar refractivity (Wildman–Crippen MR) is 136 cm³/mol. The average molecular weight is 515 g/mol. The summed E-state index contributed by atoms with van der Waals surface area (Å²) in [6.45, 7) is 2.06. The highest BCUT2D eigenvalue weighted by Crippen LogP contribution is 2.33. The molecule has 166 valence electrons. The van der Waals surface area contributed by atoms with E-state index in [0.717, 1.165) is 21.7 Å². The first-order chi connectivity index (χ1) is 16.0. The highest BCUT2D eigenvalue weighted by molar-refractivity contribution is 7.11. The lowest BCUT2D eigenvalue weighted by molar-refractivity contribution is -0.118. The average Bonchev–Trinajstić information content (AvgIpc) is 3.39. The Labute approximate surface area is 207 Å². The number of anilines is 1. The predicted octanol–water partition coefficient (Wildman–Crippen LogP) is 6.34. The fourth-order valence-corrected chi connectivity index (χ4v) is 5.31. The van der Waals surface area contributed by atoms with E-state index in [1.165, 1.54) is 11.3 Å². The number of rotatable bonds is 4. The number of aromatic nitrogens is 1. The van der Waals surface area contributed by atoms with Crippen LogP contribution in [0.2, 0.25) is 10.0 Å². The molecule has 2 aromatic heterocycles. The van der Waals surface area contributed by atoms with E-state index in [-0.39, 0.29) is 12.5 Å². The fraction of sp³-hybridized carbons (Fsp3) is 0.0870. The summed E-state index contributed by atoms with van der Waals surface area (Å²) in [5.41, 5.74) is 4.04. The van der Waals surface area contributed by atoms with Gasteiger partial charge in [0.15, 0.2) is 6.61 Å². The molecular weight excluding hydrogens is 499 g/mol. The minimum absolute atomic E-state index is 0.0140. The van der Waals surface area contributed by atoms with Crippen molar-refractivity contribution in [1.82, 2.24) is 4.68 Å². The molecule has 0 saturated heterocycles. The Kier molecular flexibility index (Phi) is 6.07. The molecular formula is C23H16Cl2N4O2S2. The number of hydrogen-bond donors (Lipinski definition) is 1. The number of halogens is 2. The molecule has 0 bridgehead atoms. The van der Waals surface area contributed by atoms with Gasteiger partial charge in [0.2, 0.25) is 4.80 Å². The number of benzene rings is 2. The van der Waals surface area contributed by atoms with Crippen LogP contribution in [0.1, 0.15) is 10.4 Å².